The fourth-order valence-electron chi connectivity index (χ4n) is 2.53. The molecule has 1 aromatic rings. The lowest BCUT2D eigenvalue weighted by Crippen LogP contribution is -2.39. The summed E-state index contributed by atoms with van der Waals surface area (Å²) in [4.78, 5) is 0. The van der Waals surface area contributed by atoms with Crippen LogP contribution in [0.5, 0.6) is 0 Å². The van der Waals surface area contributed by atoms with Crippen molar-refractivity contribution in [3.05, 3.63) is 35.4 Å². The molecular weight excluding hydrogens is 227 g/mol. The van der Waals surface area contributed by atoms with E-state index in [4.69, 9.17) is 5.73 Å². The summed E-state index contributed by atoms with van der Waals surface area (Å²) in [6, 6.07) is 3.41. The third-order valence-corrected chi connectivity index (χ3v) is 3.33. The number of nitrogens with two attached hydrogens (primary N) is 1. The largest absolute Gasteiger partial charge is 0.328 e. The molecule has 0 aliphatic heterocycles. The Bertz CT molecular complexity index is 408. The van der Waals surface area contributed by atoms with Crippen molar-refractivity contribution in [3.8, 4) is 0 Å². The number of halogens is 3. The summed E-state index contributed by atoms with van der Waals surface area (Å²) in [5.41, 5.74) is 4.86. The van der Waals surface area contributed by atoms with Gasteiger partial charge in [0.25, 0.3) is 0 Å². The van der Waals surface area contributed by atoms with E-state index in [0.717, 1.165) is 25.0 Å². The summed E-state index contributed by atoms with van der Waals surface area (Å²) < 4.78 is 40.2. The predicted molar refractivity (Wildman–Crippen MR) is 60.3 cm³/mol. The molecule has 2 atom stereocenters. The number of hydrogen-bond acceptors (Lipinski definition) is 1. The van der Waals surface area contributed by atoms with Gasteiger partial charge in [0.05, 0.1) is 0 Å². The molecule has 0 aromatic heterocycles. The summed E-state index contributed by atoms with van der Waals surface area (Å²) >= 11 is 0. The minimum absolute atomic E-state index is 0.109. The molecule has 1 aliphatic rings. The molecular formula is C13H16F3N. The lowest BCUT2D eigenvalue weighted by atomic mass is 9.80. The van der Waals surface area contributed by atoms with Gasteiger partial charge >= 0.3 is 0 Å². The molecule has 0 bridgehead atoms. The van der Waals surface area contributed by atoms with E-state index < -0.39 is 17.3 Å². The molecule has 1 fully saturated rings. The maximum absolute atomic E-state index is 14.4. The van der Waals surface area contributed by atoms with Crippen LogP contribution >= 0.6 is 0 Å². The van der Waals surface area contributed by atoms with Gasteiger partial charge in [0.15, 0.2) is 11.6 Å². The minimum Gasteiger partial charge on any atom is -0.328 e. The van der Waals surface area contributed by atoms with E-state index in [-0.39, 0.29) is 12.5 Å². The van der Waals surface area contributed by atoms with E-state index in [1.165, 1.54) is 6.07 Å². The van der Waals surface area contributed by atoms with Gasteiger partial charge in [0.2, 0.25) is 0 Å². The summed E-state index contributed by atoms with van der Waals surface area (Å²) in [7, 11) is 0. The highest BCUT2D eigenvalue weighted by atomic mass is 19.2. The first-order valence-corrected chi connectivity index (χ1v) is 5.87. The molecule has 2 rings (SSSR count). The lowest BCUT2D eigenvalue weighted by molar-refractivity contribution is 0.0964. The van der Waals surface area contributed by atoms with Crippen LogP contribution in [0.2, 0.25) is 0 Å². The number of rotatable bonds is 2. The van der Waals surface area contributed by atoms with E-state index >= 15 is 0 Å². The van der Waals surface area contributed by atoms with Crippen LogP contribution in [0.1, 0.15) is 31.2 Å². The third-order valence-electron chi connectivity index (χ3n) is 3.33. The Hall–Kier alpha value is -1.03. The average Bonchev–Trinajstić information content (AvgIpc) is 2.22. The van der Waals surface area contributed by atoms with Crippen LogP contribution in [-0.2, 0) is 6.42 Å². The molecule has 2 unspecified atom stereocenters. The zero-order valence-corrected chi connectivity index (χ0v) is 9.56. The molecule has 0 radical (unpaired) electrons. The third kappa shape index (κ3) is 3.00. The zero-order valence-electron chi connectivity index (χ0n) is 9.56. The van der Waals surface area contributed by atoms with Gasteiger partial charge in [0, 0.05) is 12.5 Å². The van der Waals surface area contributed by atoms with E-state index in [9.17, 15) is 13.2 Å². The second-order valence-electron chi connectivity index (χ2n) is 4.93. The highest BCUT2D eigenvalue weighted by molar-refractivity contribution is 5.20. The molecule has 2 N–H and O–H groups in total. The average molecular weight is 243 g/mol. The number of alkyl halides is 1. The number of hydrogen-bond donors (Lipinski definition) is 1. The first-order valence-electron chi connectivity index (χ1n) is 5.87. The highest BCUT2D eigenvalue weighted by Gasteiger charge is 2.35. The summed E-state index contributed by atoms with van der Waals surface area (Å²) in [6.45, 7) is 0. The second-order valence-corrected chi connectivity index (χ2v) is 4.93. The van der Waals surface area contributed by atoms with Gasteiger partial charge < -0.3 is 5.73 Å². The van der Waals surface area contributed by atoms with E-state index in [1.54, 1.807) is 0 Å². The van der Waals surface area contributed by atoms with Crippen LogP contribution in [0.15, 0.2) is 18.2 Å². The molecule has 4 heteroatoms. The Morgan fingerprint density at radius 3 is 2.71 bits per heavy atom. The van der Waals surface area contributed by atoms with E-state index in [0.29, 0.717) is 18.4 Å². The van der Waals surface area contributed by atoms with Crippen molar-refractivity contribution >= 4 is 0 Å². The van der Waals surface area contributed by atoms with Crippen LogP contribution in [0, 0.1) is 11.6 Å². The summed E-state index contributed by atoms with van der Waals surface area (Å²) in [6.07, 6.45) is 2.44. The SMILES string of the molecule is NC1CCCC(F)(Cc2ccc(F)c(F)c2)C1. The maximum atomic E-state index is 14.4. The predicted octanol–water partition coefficient (Wildman–Crippen LogP) is 3.12. The minimum atomic E-state index is -1.37. The van der Waals surface area contributed by atoms with Gasteiger partial charge in [-0.1, -0.05) is 6.07 Å². The van der Waals surface area contributed by atoms with Gasteiger partial charge in [0.1, 0.15) is 5.67 Å². The molecule has 0 amide bonds. The monoisotopic (exact) mass is 243 g/mol. The second kappa shape index (κ2) is 4.69. The van der Waals surface area contributed by atoms with Crippen LogP contribution in [0.4, 0.5) is 13.2 Å². The van der Waals surface area contributed by atoms with Crippen molar-refractivity contribution in [2.24, 2.45) is 5.73 Å². The zero-order chi connectivity index (χ0) is 12.5. The molecule has 1 aromatic carbocycles. The van der Waals surface area contributed by atoms with Crippen molar-refractivity contribution < 1.29 is 13.2 Å². The van der Waals surface area contributed by atoms with Crippen LogP contribution in [-0.4, -0.2) is 11.7 Å². The van der Waals surface area contributed by atoms with Crippen LogP contribution < -0.4 is 5.73 Å². The summed E-state index contributed by atoms with van der Waals surface area (Å²) in [5.74, 6) is -1.83. The Morgan fingerprint density at radius 1 is 1.29 bits per heavy atom. The first-order chi connectivity index (χ1) is 7.98. The molecule has 0 spiro atoms. The van der Waals surface area contributed by atoms with Gasteiger partial charge in [-0.25, -0.2) is 13.2 Å². The number of benzene rings is 1. The Kier molecular flexibility index (Phi) is 3.43. The quantitative estimate of drug-likeness (QED) is 0.848. The standard InChI is InChI=1S/C13H16F3N/c14-11-4-3-9(6-12(11)15)7-13(16)5-1-2-10(17)8-13/h3-4,6,10H,1-2,5,7-8,17H2. The van der Waals surface area contributed by atoms with Crippen molar-refractivity contribution in [2.75, 3.05) is 0 Å². The topological polar surface area (TPSA) is 26.0 Å². The van der Waals surface area contributed by atoms with Crippen molar-refractivity contribution in [3.63, 3.8) is 0 Å². The fraction of sp³-hybridized carbons (Fsp3) is 0.538. The molecule has 1 nitrogen and oxygen atoms in total. The molecule has 17 heavy (non-hydrogen) atoms. The Morgan fingerprint density at radius 2 is 2.06 bits per heavy atom. The maximum Gasteiger partial charge on any atom is 0.159 e. The van der Waals surface area contributed by atoms with Crippen molar-refractivity contribution in [2.45, 2.75) is 43.8 Å². The highest BCUT2D eigenvalue weighted by Crippen LogP contribution is 2.34. The Labute approximate surface area is 98.8 Å². The summed E-state index contributed by atoms with van der Waals surface area (Å²) in [5, 5.41) is 0. The van der Waals surface area contributed by atoms with Crippen LogP contribution in [0.3, 0.4) is 0 Å². The lowest BCUT2D eigenvalue weighted by Gasteiger charge is -2.33. The van der Waals surface area contributed by atoms with Gasteiger partial charge in [-0.3, -0.25) is 0 Å². The van der Waals surface area contributed by atoms with Crippen molar-refractivity contribution in [1.29, 1.82) is 0 Å². The van der Waals surface area contributed by atoms with E-state index in [1.807, 2.05) is 0 Å². The molecule has 1 saturated carbocycles. The molecule has 1 aliphatic carbocycles. The van der Waals surface area contributed by atoms with Crippen LogP contribution in [0.25, 0.3) is 0 Å². The smallest absolute Gasteiger partial charge is 0.159 e. The molecule has 0 heterocycles. The van der Waals surface area contributed by atoms with Gasteiger partial charge in [-0.15, -0.1) is 0 Å². The fourth-order valence-corrected chi connectivity index (χ4v) is 2.53. The van der Waals surface area contributed by atoms with E-state index in [2.05, 4.69) is 0 Å². The van der Waals surface area contributed by atoms with Crippen molar-refractivity contribution in [1.82, 2.24) is 0 Å². The van der Waals surface area contributed by atoms with Gasteiger partial charge in [-0.2, -0.15) is 0 Å². The first kappa shape index (κ1) is 12.4. The van der Waals surface area contributed by atoms with Gasteiger partial charge in [-0.05, 0) is 43.4 Å². The molecule has 94 valence electrons. The Balaban J connectivity index is 2.11. The normalized spacial score (nSPS) is 29.3. The molecule has 0 saturated heterocycles.